The van der Waals surface area contributed by atoms with Crippen LogP contribution in [0.3, 0.4) is 0 Å². The molecule has 0 heterocycles. The predicted octanol–water partition coefficient (Wildman–Crippen LogP) is 3.38. The van der Waals surface area contributed by atoms with Crippen molar-refractivity contribution < 1.29 is 13.6 Å². The van der Waals surface area contributed by atoms with Gasteiger partial charge in [0.15, 0.2) is 0 Å². The SMILES string of the molecule is Nc1ccc(NC(=O)Cc2ccc(F)cc2F)c(Cl)c1. The fourth-order valence-electron chi connectivity index (χ4n) is 1.67. The summed E-state index contributed by atoms with van der Waals surface area (Å²) < 4.78 is 26.2. The van der Waals surface area contributed by atoms with Crippen molar-refractivity contribution in [3.63, 3.8) is 0 Å². The maximum absolute atomic E-state index is 13.4. The average molecular weight is 297 g/mol. The van der Waals surface area contributed by atoms with Gasteiger partial charge in [-0.3, -0.25) is 4.79 Å². The van der Waals surface area contributed by atoms with Crippen LogP contribution in [-0.4, -0.2) is 5.91 Å². The minimum atomic E-state index is -0.761. The molecule has 3 nitrogen and oxygen atoms in total. The highest BCUT2D eigenvalue weighted by Crippen LogP contribution is 2.24. The molecule has 0 aliphatic heterocycles. The van der Waals surface area contributed by atoms with E-state index in [4.69, 9.17) is 17.3 Å². The second kappa shape index (κ2) is 5.88. The van der Waals surface area contributed by atoms with Gasteiger partial charge in [0.25, 0.3) is 0 Å². The van der Waals surface area contributed by atoms with E-state index < -0.39 is 17.5 Å². The molecule has 2 aromatic rings. The van der Waals surface area contributed by atoms with Crippen molar-refractivity contribution in [2.24, 2.45) is 0 Å². The van der Waals surface area contributed by atoms with Gasteiger partial charge in [0.05, 0.1) is 17.1 Å². The Bertz CT molecular complexity index is 606. The van der Waals surface area contributed by atoms with E-state index in [0.717, 1.165) is 12.1 Å². The number of rotatable bonds is 3. The molecule has 0 aliphatic carbocycles. The first-order valence-corrected chi connectivity index (χ1v) is 6.12. The number of anilines is 2. The maximum Gasteiger partial charge on any atom is 0.228 e. The van der Waals surface area contributed by atoms with E-state index in [-0.39, 0.29) is 17.0 Å². The Labute approximate surface area is 119 Å². The first-order valence-electron chi connectivity index (χ1n) is 5.74. The average Bonchev–Trinajstić information content (AvgIpc) is 2.36. The molecule has 2 aromatic carbocycles. The minimum absolute atomic E-state index is 0.107. The van der Waals surface area contributed by atoms with E-state index in [0.29, 0.717) is 11.4 Å². The van der Waals surface area contributed by atoms with E-state index in [1.807, 2.05) is 0 Å². The smallest absolute Gasteiger partial charge is 0.228 e. The van der Waals surface area contributed by atoms with Crippen molar-refractivity contribution in [1.29, 1.82) is 0 Å². The molecule has 0 saturated heterocycles. The Kier molecular flexibility index (Phi) is 4.20. The van der Waals surface area contributed by atoms with Crippen LogP contribution in [0, 0.1) is 11.6 Å². The molecule has 0 atom stereocenters. The van der Waals surface area contributed by atoms with Crippen LogP contribution < -0.4 is 11.1 Å². The van der Waals surface area contributed by atoms with E-state index >= 15 is 0 Å². The lowest BCUT2D eigenvalue weighted by Crippen LogP contribution is -2.15. The van der Waals surface area contributed by atoms with Gasteiger partial charge >= 0.3 is 0 Å². The van der Waals surface area contributed by atoms with Gasteiger partial charge in [-0.1, -0.05) is 17.7 Å². The molecular formula is C14H11ClF2N2O. The minimum Gasteiger partial charge on any atom is -0.399 e. The van der Waals surface area contributed by atoms with Crippen molar-refractivity contribution in [1.82, 2.24) is 0 Å². The number of carbonyl (C=O) groups is 1. The monoisotopic (exact) mass is 296 g/mol. The normalized spacial score (nSPS) is 10.3. The summed E-state index contributed by atoms with van der Waals surface area (Å²) >= 11 is 5.91. The van der Waals surface area contributed by atoms with Crippen molar-refractivity contribution in [2.75, 3.05) is 11.1 Å². The van der Waals surface area contributed by atoms with E-state index in [2.05, 4.69) is 5.32 Å². The third-order valence-corrected chi connectivity index (χ3v) is 2.95. The molecule has 1 amide bonds. The number of nitrogens with two attached hydrogens (primary N) is 1. The Morgan fingerprint density at radius 2 is 1.95 bits per heavy atom. The summed E-state index contributed by atoms with van der Waals surface area (Å²) in [6, 6.07) is 7.70. The second-order valence-electron chi connectivity index (χ2n) is 4.20. The van der Waals surface area contributed by atoms with Crippen molar-refractivity contribution in [2.45, 2.75) is 6.42 Å². The highest BCUT2D eigenvalue weighted by molar-refractivity contribution is 6.34. The number of carbonyl (C=O) groups excluding carboxylic acids is 1. The number of hydrogen-bond acceptors (Lipinski definition) is 2. The molecule has 6 heteroatoms. The molecular weight excluding hydrogens is 286 g/mol. The number of hydrogen-bond donors (Lipinski definition) is 2. The zero-order valence-electron chi connectivity index (χ0n) is 10.3. The van der Waals surface area contributed by atoms with Crippen molar-refractivity contribution in [3.05, 3.63) is 58.6 Å². The number of benzene rings is 2. The molecule has 0 unspecified atom stereocenters. The van der Waals surface area contributed by atoms with Crippen LogP contribution in [0.15, 0.2) is 36.4 Å². The van der Waals surface area contributed by atoms with Crippen LogP contribution in [-0.2, 0) is 11.2 Å². The molecule has 0 bridgehead atoms. The lowest BCUT2D eigenvalue weighted by Gasteiger charge is -2.08. The van der Waals surface area contributed by atoms with Gasteiger partial charge in [0, 0.05) is 11.8 Å². The summed E-state index contributed by atoms with van der Waals surface area (Å²) in [5.41, 5.74) is 6.49. The van der Waals surface area contributed by atoms with Crippen molar-refractivity contribution in [3.8, 4) is 0 Å². The maximum atomic E-state index is 13.4. The molecule has 0 radical (unpaired) electrons. The molecule has 104 valence electrons. The Morgan fingerprint density at radius 1 is 1.20 bits per heavy atom. The lowest BCUT2D eigenvalue weighted by molar-refractivity contribution is -0.115. The first-order chi connectivity index (χ1) is 9.45. The molecule has 0 aliphatic rings. The largest absolute Gasteiger partial charge is 0.399 e. The van der Waals surface area contributed by atoms with Crippen LogP contribution in [0.2, 0.25) is 5.02 Å². The quantitative estimate of drug-likeness (QED) is 0.853. The highest BCUT2D eigenvalue weighted by Gasteiger charge is 2.11. The molecule has 20 heavy (non-hydrogen) atoms. The van der Waals surface area contributed by atoms with Crippen LogP contribution in [0.4, 0.5) is 20.2 Å². The van der Waals surface area contributed by atoms with Gasteiger partial charge in [-0.25, -0.2) is 8.78 Å². The van der Waals surface area contributed by atoms with Gasteiger partial charge in [0.2, 0.25) is 5.91 Å². The second-order valence-corrected chi connectivity index (χ2v) is 4.61. The van der Waals surface area contributed by atoms with Gasteiger partial charge in [-0.15, -0.1) is 0 Å². The van der Waals surface area contributed by atoms with Crippen molar-refractivity contribution >= 4 is 28.9 Å². The summed E-state index contributed by atoms with van der Waals surface area (Å²) in [5, 5.41) is 2.83. The van der Waals surface area contributed by atoms with Crippen LogP contribution in [0.5, 0.6) is 0 Å². The third kappa shape index (κ3) is 3.45. The predicted molar refractivity (Wildman–Crippen MR) is 74.6 cm³/mol. The molecule has 2 rings (SSSR count). The van der Waals surface area contributed by atoms with E-state index in [9.17, 15) is 13.6 Å². The zero-order chi connectivity index (χ0) is 14.7. The Hall–Kier alpha value is -2.14. The van der Waals surface area contributed by atoms with Gasteiger partial charge < -0.3 is 11.1 Å². The lowest BCUT2D eigenvalue weighted by atomic mass is 10.1. The number of amides is 1. The summed E-state index contributed by atoms with van der Waals surface area (Å²) in [4.78, 5) is 11.8. The Morgan fingerprint density at radius 3 is 2.60 bits per heavy atom. The van der Waals surface area contributed by atoms with Crippen LogP contribution in [0.25, 0.3) is 0 Å². The Balaban J connectivity index is 2.09. The summed E-state index contributed by atoms with van der Waals surface area (Å²) in [5.74, 6) is -1.90. The standard InChI is InChI=1S/C14H11ClF2N2O/c15-11-7-10(18)3-4-13(11)19-14(20)5-8-1-2-9(16)6-12(8)17/h1-4,6-7H,5,18H2,(H,19,20). The van der Waals surface area contributed by atoms with E-state index in [1.165, 1.54) is 12.1 Å². The number of nitrogen functional groups attached to an aromatic ring is 1. The molecule has 0 aromatic heterocycles. The van der Waals surface area contributed by atoms with Crippen LogP contribution >= 0.6 is 11.6 Å². The zero-order valence-corrected chi connectivity index (χ0v) is 11.0. The van der Waals surface area contributed by atoms with E-state index in [1.54, 1.807) is 12.1 Å². The van der Waals surface area contributed by atoms with Gasteiger partial charge in [-0.05, 0) is 29.8 Å². The third-order valence-electron chi connectivity index (χ3n) is 2.63. The number of nitrogens with one attached hydrogen (secondary N) is 1. The number of halogens is 3. The topological polar surface area (TPSA) is 55.1 Å². The molecule has 0 spiro atoms. The van der Waals surface area contributed by atoms with Gasteiger partial charge in [0.1, 0.15) is 11.6 Å². The molecule has 3 N–H and O–H groups in total. The fraction of sp³-hybridized carbons (Fsp3) is 0.0714. The molecule has 0 saturated carbocycles. The summed E-state index contributed by atoms with van der Waals surface area (Å²) in [6.07, 6.45) is -0.215. The first kappa shape index (κ1) is 14.3. The van der Waals surface area contributed by atoms with Gasteiger partial charge in [-0.2, -0.15) is 0 Å². The summed E-state index contributed by atoms with van der Waals surface area (Å²) in [7, 11) is 0. The summed E-state index contributed by atoms with van der Waals surface area (Å²) in [6.45, 7) is 0. The van der Waals surface area contributed by atoms with Crippen LogP contribution in [0.1, 0.15) is 5.56 Å². The molecule has 0 fully saturated rings. The fourth-order valence-corrected chi connectivity index (χ4v) is 1.90. The highest BCUT2D eigenvalue weighted by atomic mass is 35.5.